The average Bonchev–Trinajstić information content (AvgIpc) is 4.26. The Bertz CT molecular complexity index is 3150. The van der Waals surface area contributed by atoms with E-state index in [1.54, 1.807) is 0 Å². The SMILES string of the molecule is CC(C)c1noc(N2CCC(C(C)Oc3nc4ccc(-c5ccc(N)cc5)nc4s3)CC2)n1.CC(C)c1noc(N2CCC(C(C)Oc3nc4ccc(Br)nc4s3)CC2)n1.CC1(C)OB(c2ccc(N)cc2)OC1(C)C. The predicted octanol–water partition coefficient (Wildman–Crippen LogP) is 11.3. The number of nitrogens with zero attached hydrogens (tertiary/aromatic N) is 10. The Labute approximate surface area is 461 Å². The number of hydrogen-bond donors (Lipinski definition) is 2. The number of nitrogen functional groups attached to an aromatic ring is 2. The van der Waals surface area contributed by atoms with E-state index in [2.05, 4.69) is 103 Å². The van der Waals surface area contributed by atoms with Crippen molar-refractivity contribution in [3.63, 3.8) is 0 Å². The van der Waals surface area contributed by atoms with Crippen molar-refractivity contribution >= 4 is 95.3 Å². The summed E-state index contributed by atoms with van der Waals surface area (Å²) in [6, 6.07) is 24.4. The van der Waals surface area contributed by atoms with Gasteiger partial charge in [0.2, 0.25) is 0 Å². The number of fused-ring (bicyclic) bond motifs is 2. The number of piperidine rings is 2. The molecule has 2 unspecified atom stereocenters. The summed E-state index contributed by atoms with van der Waals surface area (Å²) in [6.07, 6.45) is 4.23. The zero-order valence-electron chi connectivity index (χ0n) is 44.9. The summed E-state index contributed by atoms with van der Waals surface area (Å²) in [6.45, 7) is 24.2. The van der Waals surface area contributed by atoms with Gasteiger partial charge in [-0.05, 0) is 149 Å². The molecule has 3 aliphatic rings. The van der Waals surface area contributed by atoms with Crippen LogP contribution in [0.25, 0.3) is 32.0 Å². The zero-order chi connectivity index (χ0) is 53.9. The van der Waals surface area contributed by atoms with E-state index in [9.17, 15) is 0 Å². The number of thiazole rings is 2. The first kappa shape index (κ1) is 54.8. The quantitative estimate of drug-likeness (QED) is 0.0659. The van der Waals surface area contributed by atoms with Crippen LogP contribution >= 0.6 is 38.6 Å². The first-order valence-electron chi connectivity index (χ1n) is 26.1. The third-order valence-corrected chi connectivity index (χ3v) is 16.7. The Hall–Kier alpha value is -5.94. The molecule has 0 saturated carbocycles. The number of nitrogens with two attached hydrogens (primary N) is 2. The molecule has 0 radical (unpaired) electrons. The number of pyridine rings is 2. The van der Waals surface area contributed by atoms with Crippen LogP contribution in [0.5, 0.6) is 10.4 Å². The van der Waals surface area contributed by atoms with Gasteiger partial charge in [0.05, 0.1) is 16.9 Å². The molecule has 3 fully saturated rings. The van der Waals surface area contributed by atoms with Gasteiger partial charge in [0.25, 0.3) is 10.4 Å². The number of hydrogen-bond acceptors (Lipinski definition) is 20. The molecular weight excluding hydrogens is 1070 g/mol. The minimum absolute atomic E-state index is 0.0678. The monoisotopic (exact) mass is 1130 g/mol. The van der Waals surface area contributed by atoms with E-state index >= 15 is 0 Å². The van der Waals surface area contributed by atoms with Crippen LogP contribution in [-0.2, 0) is 9.31 Å². The van der Waals surface area contributed by atoms with Crippen LogP contribution in [0.4, 0.5) is 23.4 Å². The van der Waals surface area contributed by atoms with Gasteiger partial charge >= 0.3 is 19.1 Å². The van der Waals surface area contributed by atoms with E-state index in [0.29, 0.717) is 34.3 Å². The molecular formula is C54H68BBrN12O6S2. The van der Waals surface area contributed by atoms with Gasteiger partial charge in [-0.1, -0.05) is 84.9 Å². The van der Waals surface area contributed by atoms with Gasteiger partial charge in [0, 0.05) is 55.0 Å². The lowest BCUT2D eigenvalue weighted by Gasteiger charge is -2.33. The minimum Gasteiger partial charge on any atom is -0.467 e. The summed E-state index contributed by atoms with van der Waals surface area (Å²) in [7, 11) is -0.300. The van der Waals surface area contributed by atoms with E-state index in [1.165, 1.54) is 22.7 Å². The lowest BCUT2D eigenvalue weighted by molar-refractivity contribution is 0.00578. The van der Waals surface area contributed by atoms with Crippen molar-refractivity contribution in [2.45, 2.75) is 130 Å². The lowest BCUT2D eigenvalue weighted by atomic mass is 9.79. The molecule has 22 heteroatoms. The molecule has 76 heavy (non-hydrogen) atoms. The second-order valence-corrected chi connectivity index (χ2v) is 24.0. The first-order valence-corrected chi connectivity index (χ1v) is 28.5. The van der Waals surface area contributed by atoms with E-state index in [4.69, 9.17) is 44.3 Å². The summed E-state index contributed by atoms with van der Waals surface area (Å²) in [5.41, 5.74) is 17.0. The largest absolute Gasteiger partial charge is 0.494 e. The Morgan fingerprint density at radius 2 is 1.01 bits per heavy atom. The Balaban J connectivity index is 0.000000148. The van der Waals surface area contributed by atoms with E-state index in [1.807, 2.05) is 100 Å². The molecule has 2 aromatic carbocycles. The van der Waals surface area contributed by atoms with Crippen molar-refractivity contribution in [2.75, 3.05) is 47.4 Å². The number of anilines is 4. The highest BCUT2D eigenvalue weighted by Gasteiger charge is 2.51. The topological polar surface area (TPSA) is 225 Å². The number of benzene rings is 2. The van der Waals surface area contributed by atoms with Gasteiger partial charge in [-0.25, -0.2) is 19.9 Å². The molecule has 2 atom stereocenters. The predicted molar refractivity (Wildman–Crippen MR) is 306 cm³/mol. The maximum atomic E-state index is 6.26. The third kappa shape index (κ3) is 13.1. The molecule has 8 aromatic rings. The average molecular weight is 1140 g/mol. The molecule has 18 nitrogen and oxygen atoms in total. The summed E-state index contributed by atoms with van der Waals surface area (Å²) in [5, 5.41) is 9.49. The minimum atomic E-state index is -0.300. The number of halogens is 1. The normalized spacial score (nSPS) is 17.7. The van der Waals surface area contributed by atoms with Crippen LogP contribution in [-0.4, -0.2) is 96.9 Å². The zero-order valence-corrected chi connectivity index (χ0v) is 48.1. The van der Waals surface area contributed by atoms with Crippen LogP contribution in [0.1, 0.15) is 118 Å². The molecule has 0 bridgehead atoms. The molecule has 3 aliphatic heterocycles. The summed E-state index contributed by atoms with van der Waals surface area (Å²) in [5.74, 6) is 2.98. The Kier molecular flexibility index (Phi) is 16.8. The molecule has 11 rings (SSSR count). The van der Waals surface area contributed by atoms with Gasteiger partial charge in [-0.3, -0.25) is 0 Å². The van der Waals surface area contributed by atoms with Crippen LogP contribution in [0, 0.1) is 11.8 Å². The van der Waals surface area contributed by atoms with Crippen molar-refractivity contribution < 1.29 is 27.8 Å². The summed E-state index contributed by atoms with van der Waals surface area (Å²) in [4.78, 5) is 33.5. The van der Waals surface area contributed by atoms with E-state index in [-0.39, 0.29) is 42.4 Å². The maximum Gasteiger partial charge on any atom is 0.494 e. The molecule has 6 aromatic heterocycles. The van der Waals surface area contributed by atoms with E-state index in [0.717, 1.165) is 117 Å². The molecule has 4 N–H and O–H groups in total. The number of aromatic nitrogens is 8. The van der Waals surface area contributed by atoms with Crippen LogP contribution in [0.3, 0.4) is 0 Å². The second-order valence-electron chi connectivity index (χ2n) is 21.3. The molecule has 0 spiro atoms. The van der Waals surface area contributed by atoms with Crippen LogP contribution in [0.15, 0.2) is 86.4 Å². The first-order chi connectivity index (χ1) is 36.3. The van der Waals surface area contributed by atoms with Crippen molar-refractivity contribution in [3.8, 4) is 21.6 Å². The molecule has 0 aliphatic carbocycles. The third-order valence-electron chi connectivity index (χ3n) is 14.5. The van der Waals surface area contributed by atoms with Crippen molar-refractivity contribution in [1.29, 1.82) is 0 Å². The van der Waals surface area contributed by atoms with E-state index < -0.39 is 0 Å². The van der Waals surface area contributed by atoms with Crippen molar-refractivity contribution in [1.82, 2.24) is 40.2 Å². The lowest BCUT2D eigenvalue weighted by Crippen LogP contribution is -2.41. The molecule has 3 saturated heterocycles. The van der Waals surface area contributed by atoms with Gasteiger partial charge in [0.1, 0.15) is 37.5 Å². The van der Waals surface area contributed by atoms with Crippen molar-refractivity contribution in [3.05, 3.63) is 89.0 Å². The standard InChI is InChI=1S/C24H28N6O2S.C18H22BrN5O2S.C12H18BNO2/c1-14(2)21-28-23(32-29-21)30-12-10-16(11-13-30)15(3)31-24-27-20-9-8-19(26-22(20)33-24)17-4-6-18(25)7-5-17;1-10(2)15-22-17(26-23-15)24-8-6-12(7-9-24)11(3)25-18-20-13-4-5-14(19)21-16(13)27-18;1-11(2)12(3,4)16-13(15-11)9-5-7-10(14)8-6-9/h4-9,14-16H,10-13,25H2,1-3H3;4-5,10-12H,6-9H2,1-3H3;5-8H,14H2,1-4H3. The van der Waals surface area contributed by atoms with Gasteiger partial charge < -0.3 is 49.1 Å². The van der Waals surface area contributed by atoms with Gasteiger partial charge in [0.15, 0.2) is 11.6 Å². The fourth-order valence-corrected chi connectivity index (χ4v) is 11.1. The Morgan fingerprint density at radius 3 is 1.46 bits per heavy atom. The smallest absolute Gasteiger partial charge is 0.467 e. The summed E-state index contributed by atoms with van der Waals surface area (Å²) < 4.78 is 35.9. The number of rotatable bonds is 12. The molecule has 0 amide bonds. The fraction of sp³-hybridized carbons (Fsp3) is 0.481. The highest BCUT2D eigenvalue weighted by molar-refractivity contribution is 9.10. The highest BCUT2D eigenvalue weighted by Crippen LogP contribution is 2.37. The van der Waals surface area contributed by atoms with Gasteiger partial charge in [-0.2, -0.15) is 9.97 Å². The van der Waals surface area contributed by atoms with Crippen LogP contribution in [0.2, 0.25) is 0 Å². The summed E-state index contributed by atoms with van der Waals surface area (Å²) >= 11 is 6.37. The maximum absolute atomic E-state index is 6.26. The Morgan fingerprint density at radius 1 is 0.579 bits per heavy atom. The second kappa shape index (κ2) is 23.3. The highest BCUT2D eigenvalue weighted by atomic mass is 79.9. The molecule has 402 valence electrons. The van der Waals surface area contributed by atoms with Crippen molar-refractivity contribution in [2.24, 2.45) is 11.8 Å². The fourth-order valence-electron chi connectivity index (χ4n) is 8.93. The van der Waals surface area contributed by atoms with Crippen LogP contribution < -0.4 is 36.2 Å². The molecule has 9 heterocycles. The van der Waals surface area contributed by atoms with Gasteiger partial charge in [-0.15, -0.1) is 0 Å². The number of ether oxygens (including phenoxy) is 2.